The Morgan fingerprint density at radius 2 is 1.75 bits per heavy atom. The molecule has 0 spiro atoms. The van der Waals surface area contributed by atoms with Crippen molar-refractivity contribution in [3.05, 3.63) is 51.9 Å². The predicted octanol–water partition coefficient (Wildman–Crippen LogP) is 3.76. The summed E-state index contributed by atoms with van der Waals surface area (Å²) in [5.41, 5.74) is 3.01. The maximum absolute atomic E-state index is 11.7. The van der Waals surface area contributed by atoms with Crippen LogP contribution in [0.1, 0.15) is 44.9 Å². The Hall–Kier alpha value is -1.90. The molecule has 0 radical (unpaired) electrons. The van der Waals surface area contributed by atoms with Crippen molar-refractivity contribution < 1.29 is 0 Å². The van der Waals surface area contributed by atoms with Gasteiger partial charge in [-0.2, -0.15) is 0 Å². The average molecular weight is 270 g/mol. The fourth-order valence-corrected chi connectivity index (χ4v) is 2.19. The van der Waals surface area contributed by atoms with Gasteiger partial charge in [-0.25, -0.2) is 4.98 Å². The minimum Gasteiger partial charge on any atom is -0.307 e. The summed E-state index contributed by atoms with van der Waals surface area (Å²) >= 11 is 0. The van der Waals surface area contributed by atoms with E-state index in [4.69, 9.17) is 0 Å². The molecule has 0 aliphatic rings. The smallest absolute Gasteiger partial charge is 0.251 e. The molecule has 0 aliphatic carbocycles. The molecule has 0 unspecified atom stereocenters. The largest absolute Gasteiger partial charge is 0.307 e. The first-order chi connectivity index (χ1) is 9.45. The number of aromatic amines is 1. The standard InChI is InChI=1S/C17H22N2O/c1-11(2)9-15-10-16(20)19-17(18-15)14-7-5-13(6-8-14)12(3)4/h5-8,10-12H,9H2,1-4H3,(H,18,19,20). The van der Waals surface area contributed by atoms with Gasteiger partial charge in [0.05, 0.1) is 0 Å². The van der Waals surface area contributed by atoms with E-state index in [2.05, 4.69) is 49.8 Å². The molecule has 2 rings (SSSR count). The van der Waals surface area contributed by atoms with E-state index >= 15 is 0 Å². The molecule has 20 heavy (non-hydrogen) atoms. The van der Waals surface area contributed by atoms with Crippen LogP contribution in [0.5, 0.6) is 0 Å². The fourth-order valence-electron chi connectivity index (χ4n) is 2.19. The maximum Gasteiger partial charge on any atom is 0.251 e. The zero-order valence-corrected chi connectivity index (χ0v) is 12.6. The number of H-pyrrole nitrogens is 1. The number of nitrogens with one attached hydrogen (secondary N) is 1. The summed E-state index contributed by atoms with van der Waals surface area (Å²) in [6, 6.07) is 9.82. The number of nitrogens with zero attached hydrogens (tertiary/aromatic N) is 1. The van der Waals surface area contributed by atoms with Gasteiger partial charge in [0.1, 0.15) is 5.82 Å². The first-order valence-electron chi connectivity index (χ1n) is 7.16. The molecule has 0 fully saturated rings. The van der Waals surface area contributed by atoms with Crippen molar-refractivity contribution in [2.24, 2.45) is 5.92 Å². The number of aromatic nitrogens is 2. The third kappa shape index (κ3) is 3.56. The highest BCUT2D eigenvalue weighted by molar-refractivity contribution is 5.55. The third-order valence-corrected chi connectivity index (χ3v) is 3.26. The van der Waals surface area contributed by atoms with Crippen molar-refractivity contribution in [1.29, 1.82) is 0 Å². The molecule has 0 saturated carbocycles. The molecule has 0 amide bonds. The lowest BCUT2D eigenvalue weighted by molar-refractivity contribution is 0.634. The lowest BCUT2D eigenvalue weighted by atomic mass is 10.0. The zero-order chi connectivity index (χ0) is 14.7. The Morgan fingerprint density at radius 3 is 2.30 bits per heavy atom. The van der Waals surface area contributed by atoms with E-state index in [1.165, 1.54) is 5.56 Å². The summed E-state index contributed by atoms with van der Waals surface area (Å²) in [4.78, 5) is 19.1. The van der Waals surface area contributed by atoms with Gasteiger partial charge >= 0.3 is 0 Å². The van der Waals surface area contributed by atoms with Crippen LogP contribution in [0.25, 0.3) is 11.4 Å². The highest BCUT2D eigenvalue weighted by Crippen LogP contribution is 2.19. The van der Waals surface area contributed by atoms with E-state index in [0.717, 1.165) is 17.7 Å². The lowest BCUT2D eigenvalue weighted by Crippen LogP contribution is -2.11. The Balaban J connectivity index is 2.36. The van der Waals surface area contributed by atoms with Gasteiger partial charge < -0.3 is 4.98 Å². The summed E-state index contributed by atoms with van der Waals surface area (Å²) in [7, 11) is 0. The number of hydrogen-bond donors (Lipinski definition) is 1. The van der Waals surface area contributed by atoms with Crippen molar-refractivity contribution in [3.8, 4) is 11.4 Å². The van der Waals surface area contributed by atoms with Crippen LogP contribution in [-0.2, 0) is 6.42 Å². The van der Waals surface area contributed by atoms with Crippen LogP contribution in [0.15, 0.2) is 35.1 Å². The van der Waals surface area contributed by atoms with Crippen LogP contribution in [-0.4, -0.2) is 9.97 Å². The quantitative estimate of drug-likeness (QED) is 0.919. The average Bonchev–Trinajstić information content (AvgIpc) is 2.37. The highest BCUT2D eigenvalue weighted by atomic mass is 16.1. The molecule has 3 nitrogen and oxygen atoms in total. The summed E-state index contributed by atoms with van der Waals surface area (Å²) in [5, 5.41) is 0. The summed E-state index contributed by atoms with van der Waals surface area (Å²) < 4.78 is 0. The van der Waals surface area contributed by atoms with Crippen molar-refractivity contribution in [2.45, 2.75) is 40.0 Å². The molecule has 2 aromatic rings. The first-order valence-corrected chi connectivity index (χ1v) is 7.16. The molecule has 3 heteroatoms. The van der Waals surface area contributed by atoms with Crippen molar-refractivity contribution in [3.63, 3.8) is 0 Å². The summed E-state index contributed by atoms with van der Waals surface area (Å²) in [6.07, 6.45) is 0.820. The van der Waals surface area contributed by atoms with Gasteiger partial charge in [-0.15, -0.1) is 0 Å². The Labute approximate surface area is 120 Å². The minimum atomic E-state index is -0.0846. The Morgan fingerprint density at radius 1 is 1.10 bits per heavy atom. The Kier molecular flexibility index (Phi) is 4.38. The van der Waals surface area contributed by atoms with E-state index < -0.39 is 0 Å². The van der Waals surface area contributed by atoms with Gasteiger partial charge in [0.2, 0.25) is 0 Å². The molecule has 0 atom stereocenters. The molecule has 0 bridgehead atoms. The van der Waals surface area contributed by atoms with Crippen LogP contribution in [0, 0.1) is 5.92 Å². The molecular formula is C17H22N2O. The first kappa shape index (κ1) is 14.5. The van der Waals surface area contributed by atoms with Gasteiger partial charge in [0.25, 0.3) is 5.56 Å². The lowest BCUT2D eigenvalue weighted by Gasteiger charge is -2.08. The normalized spacial score (nSPS) is 11.3. The second kappa shape index (κ2) is 6.04. The van der Waals surface area contributed by atoms with Gasteiger partial charge in [-0.3, -0.25) is 4.79 Å². The van der Waals surface area contributed by atoms with Gasteiger partial charge in [0.15, 0.2) is 0 Å². The third-order valence-electron chi connectivity index (χ3n) is 3.26. The molecule has 1 aromatic carbocycles. The topological polar surface area (TPSA) is 45.8 Å². The van der Waals surface area contributed by atoms with Crippen LogP contribution < -0.4 is 5.56 Å². The number of benzene rings is 1. The van der Waals surface area contributed by atoms with E-state index in [-0.39, 0.29) is 5.56 Å². The fraction of sp³-hybridized carbons (Fsp3) is 0.412. The van der Waals surface area contributed by atoms with Crippen LogP contribution in [0.2, 0.25) is 0 Å². The van der Waals surface area contributed by atoms with E-state index in [0.29, 0.717) is 17.7 Å². The van der Waals surface area contributed by atoms with Crippen LogP contribution >= 0.6 is 0 Å². The van der Waals surface area contributed by atoms with Gasteiger partial charge in [-0.1, -0.05) is 52.0 Å². The molecule has 106 valence electrons. The van der Waals surface area contributed by atoms with Crippen LogP contribution in [0.4, 0.5) is 0 Å². The molecular weight excluding hydrogens is 248 g/mol. The monoisotopic (exact) mass is 270 g/mol. The van der Waals surface area contributed by atoms with Crippen molar-refractivity contribution in [2.75, 3.05) is 0 Å². The van der Waals surface area contributed by atoms with Gasteiger partial charge in [-0.05, 0) is 23.8 Å². The number of hydrogen-bond acceptors (Lipinski definition) is 2. The van der Waals surface area contributed by atoms with Crippen LogP contribution in [0.3, 0.4) is 0 Å². The molecule has 0 saturated heterocycles. The predicted molar refractivity (Wildman–Crippen MR) is 82.9 cm³/mol. The van der Waals surface area contributed by atoms with Crippen molar-refractivity contribution in [1.82, 2.24) is 9.97 Å². The number of rotatable bonds is 4. The second-order valence-corrected chi connectivity index (χ2v) is 5.96. The molecule has 1 aromatic heterocycles. The van der Waals surface area contributed by atoms with E-state index in [9.17, 15) is 4.79 Å². The maximum atomic E-state index is 11.7. The second-order valence-electron chi connectivity index (χ2n) is 5.96. The zero-order valence-electron chi connectivity index (χ0n) is 12.6. The molecule has 1 N–H and O–H groups in total. The van der Waals surface area contributed by atoms with E-state index in [1.54, 1.807) is 6.07 Å². The molecule has 1 heterocycles. The summed E-state index contributed by atoms with van der Waals surface area (Å²) in [6.45, 7) is 8.58. The SMILES string of the molecule is CC(C)Cc1cc(=O)[nH]c(-c2ccc(C(C)C)cc2)n1. The van der Waals surface area contributed by atoms with Gasteiger partial charge in [0, 0.05) is 17.3 Å². The van der Waals surface area contributed by atoms with Crippen molar-refractivity contribution >= 4 is 0 Å². The Bertz CT molecular complexity index is 624. The molecule has 0 aliphatic heterocycles. The van der Waals surface area contributed by atoms with E-state index in [1.807, 2.05) is 12.1 Å². The minimum absolute atomic E-state index is 0.0846. The summed E-state index contributed by atoms with van der Waals surface area (Å²) in [5.74, 6) is 1.65. The highest BCUT2D eigenvalue weighted by Gasteiger charge is 2.06.